The van der Waals surface area contributed by atoms with Gasteiger partial charge in [-0.3, -0.25) is 4.79 Å². The zero-order valence-electron chi connectivity index (χ0n) is 7.98. The molecule has 0 saturated heterocycles. The Hall–Kier alpha value is -1.26. The standard InChI is InChI=1S/C10H12ClNO3/c11-7-3-1-2-6(10(7)15)8(12)4-5-9(13)14/h1-3,8,15H,4-5,12H2,(H,13,14). The van der Waals surface area contributed by atoms with Crippen molar-refractivity contribution < 1.29 is 15.0 Å². The summed E-state index contributed by atoms with van der Waals surface area (Å²) < 4.78 is 0. The molecule has 0 radical (unpaired) electrons. The summed E-state index contributed by atoms with van der Waals surface area (Å²) in [5.41, 5.74) is 6.21. The Bertz CT molecular complexity index is 368. The molecule has 5 heteroatoms. The minimum atomic E-state index is -0.910. The second kappa shape index (κ2) is 5.00. The van der Waals surface area contributed by atoms with E-state index in [1.807, 2.05) is 0 Å². The molecule has 0 fully saturated rings. The zero-order chi connectivity index (χ0) is 11.4. The Balaban J connectivity index is 2.77. The number of nitrogens with two attached hydrogens (primary N) is 1. The van der Waals surface area contributed by atoms with E-state index in [4.69, 9.17) is 22.4 Å². The first-order chi connectivity index (χ1) is 7.02. The van der Waals surface area contributed by atoms with Crippen LogP contribution in [0.1, 0.15) is 24.4 Å². The van der Waals surface area contributed by atoms with Crippen LogP contribution in [0.4, 0.5) is 0 Å². The minimum absolute atomic E-state index is 0.0346. The Morgan fingerprint density at radius 3 is 2.80 bits per heavy atom. The van der Waals surface area contributed by atoms with Crippen molar-refractivity contribution in [2.24, 2.45) is 5.73 Å². The fraction of sp³-hybridized carbons (Fsp3) is 0.300. The summed E-state index contributed by atoms with van der Waals surface area (Å²) in [4.78, 5) is 10.3. The number of aromatic hydroxyl groups is 1. The molecule has 0 aromatic heterocycles. The highest BCUT2D eigenvalue weighted by Gasteiger charge is 2.13. The molecule has 1 aromatic carbocycles. The first-order valence-corrected chi connectivity index (χ1v) is 4.85. The molecule has 82 valence electrons. The fourth-order valence-electron chi connectivity index (χ4n) is 1.27. The zero-order valence-corrected chi connectivity index (χ0v) is 8.74. The highest BCUT2D eigenvalue weighted by atomic mass is 35.5. The lowest BCUT2D eigenvalue weighted by Crippen LogP contribution is -2.12. The van der Waals surface area contributed by atoms with E-state index in [1.54, 1.807) is 18.2 Å². The van der Waals surface area contributed by atoms with Gasteiger partial charge in [-0.1, -0.05) is 23.7 Å². The summed E-state index contributed by atoms with van der Waals surface area (Å²) in [6.07, 6.45) is 0.232. The van der Waals surface area contributed by atoms with E-state index < -0.39 is 12.0 Å². The van der Waals surface area contributed by atoms with E-state index >= 15 is 0 Å². The van der Waals surface area contributed by atoms with E-state index in [0.717, 1.165) is 0 Å². The second-order valence-corrected chi connectivity index (χ2v) is 3.62. The lowest BCUT2D eigenvalue weighted by molar-refractivity contribution is -0.137. The number of benzene rings is 1. The van der Waals surface area contributed by atoms with E-state index in [2.05, 4.69) is 0 Å². The second-order valence-electron chi connectivity index (χ2n) is 3.22. The number of phenols is 1. The van der Waals surface area contributed by atoms with Crippen LogP contribution in [-0.4, -0.2) is 16.2 Å². The summed E-state index contributed by atoms with van der Waals surface area (Å²) in [6, 6.07) is 4.33. The summed E-state index contributed by atoms with van der Waals surface area (Å²) >= 11 is 5.70. The summed E-state index contributed by atoms with van der Waals surface area (Å²) in [5.74, 6) is -0.982. The molecule has 1 aromatic rings. The maximum atomic E-state index is 10.3. The van der Waals surface area contributed by atoms with Crippen molar-refractivity contribution in [3.05, 3.63) is 28.8 Å². The average molecular weight is 230 g/mol. The number of para-hydroxylation sites is 1. The molecule has 0 aliphatic carbocycles. The van der Waals surface area contributed by atoms with Gasteiger partial charge < -0.3 is 15.9 Å². The van der Waals surface area contributed by atoms with Crippen LogP contribution >= 0.6 is 11.6 Å². The van der Waals surface area contributed by atoms with E-state index in [0.29, 0.717) is 5.56 Å². The number of halogens is 1. The van der Waals surface area contributed by atoms with Gasteiger partial charge in [-0.15, -0.1) is 0 Å². The number of hydrogen-bond donors (Lipinski definition) is 3. The van der Waals surface area contributed by atoms with Gasteiger partial charge in [-0.25, -0.2) is 0 Å². The number of rotatable bonds is 4. The summed E-state index contributed by atoms with van der Waals surface area (Å²) in [7, 11) is 0. The first-order valence-electron chi connectivity index (χ1n) is 4.47. The maximum Gasteiger partial charge on any atom is 0.303 e. The number of carboxylic acid groups (broad SMARTS) is 1. The van der Waals surface area contributed by atoms with Crippen molar-refractivity contribution in [2.45, 2.75) is 18.9 Å². The van der Waals surface area contributed by atoms with Gasteiger partial charge in [0.25, 0.3) is 0 Å². The van der Waals surface area contributed by atoms with Crippen LogP contribution in [0.5, 0.6) is 5.75 Å². The Morgan fingerprint density at radius 2 is 2.20 bits per heavy atom. The molecule has 4 N–H and O–H groups in total. The smallest absolute Gasteiger partial charge is 0.303 e. The molecular weight excluding hydrogens is 218 g/mol. The van der Waals surface area contributed by atoms with Crippen LogP contribution in [0.25, 0.3) is 0 Å². The van der Waals surface area contributed by atoms with Crippen molar-refractivity contribution in [2.75, 3.05) is 0 Å². The maximum absolute atomic E-state index is 10.3. The molecule has 0 aliphatic heterocycles. The third-order valence-corrected chi connectivity index (χ3v) is 2.39. The molecule has 15 heavy (non-hydrogen) atoms. The van der Waals surface area contributed by atoms with Gasteiger partial charge >= 0.3 is 5.97 Å². The van der Waals surface area contributed by atoms with Crippen molar-refractivity contribution in [1.82, 2.24) is 0 Å². The molecule has 1 atom stereocenters. The number of hydrogen-bond acceptors (Lipinski definition) is 3. The van der Waals surface area contributed by atoms with Crippen LogP contribution in [0.15, 0.2) is 18.2 Å². The van der Waals surface area contributed by atoms with Gasteiger partial charge in [0, 0.05) is 18.0 Å². The van der Waals surface area contributed by atoms with Gasteiger partial charge in [0.05, 0.1) is 5.02 Å². The van der Waals surface area contributed by atoms with Crippen molar-refractivity contribution >= 4 is 17.6 Å². The molecule has 1 rings (SSSR count). The quantitative estimate of drug-likeness (QED) is 0.737. The largest absolute Gasteiger partial charge is 0.506 e. The Kier molecular flexibility index (Phi) is 3.94. The molecule has 0 bridgehead atoms. The van der Waals surface area contributed by atoms with Crippen LogP contribution in [0.3, 0.4) is 0 Å². The topological polar surface area (TPSA) is 83.6 Å². The first kappa shape index (κ1) is 11.8. The van der Waals surface area contributed by atoms with Crippen LogP contribution in [0.2, 0.25) is 5.02 Å². The molecule has 0 heterocycles. The number of carbonyl (C=O) groups is 1. The lowest BCUT2D eigenvalue weighted by Gasteiger charge is -2.12. The highest BCUT2D eigenvalue weighted by Crippen LogP contribution is 2.31. The van der Waals surface area contributed by atoms with Gasteiger partial charge in [-0.05, 0) is 12.5 Å². The molecule has 0 spiro atoms. The average Bonchev–Trinajstić information content (AvgIpc) is 2.18. The van der Waals surface area contributed by atoms with Crippen LogP contribution < -0.4 is 5.73 Å². The van der Waals surface area contributed by atoms with Crippen molar-refractivity contribution in [3.63, 3.8) is 0 Å². The summed E-state index contributed by atoms with van der Waals surface area (Å²) in [5, 5.41) is 18.3. The SMILES string of the molecule is NC(CCC(=O)O)c1cccc(Cl)c1O. The van der Waals surface area contributed by atoms with Crippen LogP contribution in [0, 0.1) is 0 Å². The molecule has 0 aliphatic rings. The normalized spacial score (nSPS) is 12.4. The predicted octanol–water partition coefficient (Wildman–Crippen LogP) is 1.91. The third-order valence-electron chi connectivity index (χ3n) is 2.09. The van der Waals surface area contributed by atoms with Crippen molar-refractivity contribution in [1.29, 1.82) is 0 Å². The molecular formula is C10H12ClNO3. The number of phenolic OH excluding ortho intramolecular Hbond substituents is 1. The van der Waals surface area contributed by atoms with Crippen molar-refractivity contribution in [3.8, 4) is 5.75 Å². The molecule has 0 saturated carbocycles. The fourth-order valence-corrected chi connectivity index (χ4v) is 1.45. The van der Waals surface area contributed by atoms with Crippen LogP contribution in [-0.2, 0) is 4.79 Å². The van der Waals surface area contributed by atoms with Gasteiger partial charge in [0.1, 0.15) is 5.75 Å². The monoisotopic (exact) mass is 229 g/mol. The minimum Gasteiger partial charge on any atom is -0.506 e. The third kappa shape index (κ3) is 3.11. The number of carboxylic acids is 1. The molecule has 4 nitrogen and oxygen atoms in total. The predicted molar refractivity (Wildman–Crippen MR) is 56.9 cm³/mol. The van der Waals surface area contributed by atoms with E-state index in [9.17, 15) is 9.90 Å². The Morgan fingerprint density at radius 1 is 1.53 bits per heavy atom. The van der Waals surface area contributed by atoms with Gasteiger partial charge in [0.15, 0.2) is 0 Å². The molecule has 0 amide bonds. The van der Waals surface area contributed by atoms with Gasteiger partial charge in [-0.2, -0.15) is 0 Å². The van der Waals surface area contributed by atoms with Gasteiger partial charge in [0.2, 0.25) is 0 Å². The Labute approximate surface area is 92.3 Å². The highest BCUT2D eigenvalue weighted by molar-refractivity contribution is 6.32. The van der Waals surface area contributed by atoms with E-state index in [-0.39, 0.29) is 23.6 Å². The molecule has 1 unspecified atom stereocenters. The summed E-state index contributed by atoms with van der Waals surface area (Å²) in [6.45, 7) is 0. The van der Waals surface area contributed by atoms with E-state index in [1.165, 1.54) is 0 Å². The number of aliphatic carboxylic acids is 1. The lowest BCUT2D eigenvalue weighted by atomic mass is 10.0.